The molecule has 0 aromatic rings. The summed E-state index contributed by atoms with van der Waals surface area (Å²) in [6.45, 7) is 9.12. The maximum absolute atomic E-state index is 3.56. The molecule has 11 heavy (non-hydrogen) atoms. The molecule has 0 saturated heterocycles. The van der Waals surface area contributed by atoms with E-state index in [1.807, 2.05) is 0 Å². The van der Waals surface area contributed by atoms with Gasteiger partial charge in [0.1, 0.15) is 0 Å². The predicted molar refractivity (Wildman–Crippen MR) is 49.6 cm³/mol. The van der Waals surface area contributed by atoms with E-state index in [-0.39, 0.29) is 0 Å². The largest absolute Gasteiger partial charge is 0.312 e. The van der Waals surface area contributed by atoms with E-state index in [0.717, 1.165) is 11.8 Å². The van der Waals surface area contributed by atoms with Gasteiger partial charge in [0.05, 0.1) is 0 Å². The summed E-state index contributed by atoms with van der Waals surface area (Å²) in [6.07, 6.45) is 2.93. The van der Waals surface area contributed by atoms with Crippen LogP contribution in [0.15, 0.2) is 0 Å². The minimum atomic E-state index is 0.631. The molecule has 0 spiro atoms. The second-order valence-electron chi connectivity index (χ2n) is 4.31. The van der Waals surface area contributed by atoms with Gasteiger partial charge in [0.15, 0.2) is 0 Å². The van der Waals surface area contributed by atoms with Gasteiger partial charge in [-0.25, -0.2) is 0 Å². The first-order valence-electron chi connectivity index (χ1n) is 4.87. The van der Waals surface area contributed by atoms with Crippen LogP contribution in [0.1, 0.15) is 40.5 Å². The third-order valence-corrected chi connectivity index (χ3v) is 2.75. The second-order valence-corrected chi connectivity index (χ2v) is 4.31. The highest BCUT2D eigenvalue weighted by Gasteiger charge is 2.31. The van der Waals surface area contributed by atoms with E-state index in [1.165, 1.54) is 12.8 Å². The van der Waals surface area contributed by atoms with Crippen molar-refractivity contribution in [1.29, 1.82) is 0 Å². The lowest BCUT2D eigenvalue weighted by Crippen LogP contribution is -2.37. The van der Waals surface area contributed by atoms with Crippen LogP contribution in [0.4, 0.5) is 0 Å². The van der Waals surface area contributed by atoms with Crippen LogP contribution in [-0.4, -0.2) is 12.1 Å². The molecule has 1 nitrogen and oxygen atoms in total. The third kappa shape index (κ3) is 2.82. The molecule has 66 valence electrons. The summed E-state index contributed by atoms with van der Waals surface area (Å²) in [4.78, 5) is 0. The van der Waals surface area contributed by atoms with E-state index in [4.69, 9.17) is 0 Å². The first-order valence-corrected chi connectivity index (χ1v) is 4.87. The Morgan fingerprint density at radius 1 is 1.09 bits per heavy atom. The molecular formula is C10H21N. The summed E-state index contributed by atoms with van der Waals surface area (Å²) >= 11 is 0. The summed E-state index contributed by atoms with van der Waals surface area (Å²) in [5, 5.41) is 3.56. The first-order chi connectivity index (χ1) is 5.11. The quantitative estimate of drug-likeness (QED) is 0.657. The molecule has 0 bridgehead atoms. The molecule has 0 radical (unpaired) electrons. The summed E-state index contributed by atoms with van der Waals surface area (Å²) < 4.78 is 0. The number of rotatable bonds is 4. The summed E-state index contributed by atoms with van der Waals surface area (Å²) in [7, 11) is 0. The van der Waals surface area contributed by atoms with Crippen LogP contribution in [0.2, 0.25) is 0 Å². The van der Waals surface area contributed by atoms with Crippen molar-refractivity contribution in [1.82, 2.24) is 5.32 Å². The normalized spacial score (nSPS) is 23.7. The van der Waals surface area contributed by atoms with Crippen molar-refractivity contribution >= 4 is 0 Å². The lowest BCUT2D eigenvalue weighted by atomic mass is 9.98. The van der Waals surface area contributed by atoms with E-state index in [0.29, 0.717) is 12.1 Å². The van der Waals surface area contributed by atoms with Crippen molar-refractivity contribution in [2.24, 2.45) is 11.8 Å². The van der Waals surface area contributed by atoms with E-state index in [2.05, 4.69) is 33.0 Å². The molecule has 0 heterocycles. The SMILES string of the molecule is CC(C)NC(C)C(C)C1CC1. The minimum absolute atomic E-state index is 0.631. The Bertz CT molecular complexity index is 116. The Balaban J connectivity index is 2.21. The fourth-order valence-corrected chi connectivity index (χ4v) is 1.71. The van der Waals surface area contributed by atoms with Crippen molar-refractivity contribution in [3.05, 3.63) is 0 Å². The molecule has 0 amide bonds. The van der Waals surface area contributed by atoms with Crippen LogP contribution in [-0.2, 0) is 0 Å². The average molecular weight is 155 g/mol. The lowest BCUT2D eigenvalue weighted by molar-refractivity contribution is 0.342. The maximum Gasteiger partial charge on any atom is 0.00693 e. The van der Waals surface area contributed by atoms with Gasteiger partial charge in [-0.2, -0.15) is 0 Å². The summed E-state index contributed by atoms with van der Waals surface area (Å²) in [6, 6.07) is 1.33. The van der Waals surface area contributed by atoms with Crippen molar-refractivity contribution in [2.75, 3.05) is 0 Å². The van der Waals surface area contributed by atoms with Crippen LogP contribution in [0.25, 0.3) is 0 Å². The molecule has 1 fully saturated rings. The maximum atomic E-state index is 3.56. The summed E-state index contributed by atoms with van der Waals surface area (Å²) in [5.74, 6) is 1.90. The second kappa shape index (κ2) is 3.57. The zero-order chi connectivity index (χ0) is 8.43. The van der Waals surface area contributed by atoms with Gasteiger partial charge in [-0.15, -0.1) is 0 Å². The monoisotopic (exact) mass is 155 g/mol. The highest BCUT2D eigenvalue weighted by Crippen LogP contribution is 2.38. The molecule has 0 aromatic carbocycles. The molecular weight excluding hydrogens is 134 g/mol. The molecule has 0 aromatic heterocycles. The van der Waals surface area contributed by atoms with Crippen molar-refractivity contribution < 1.29 is 0 Å². The van der Waals surface area contributed by atoms with Crippen LogP contribution < -0.4 is 5.32 Å². The van der Waals surface area contributed by atoms with Crippen LogP contribution in [0, 0.1) is 11.8 Å². The van der Waals surface area contributed by atoms with E-state index >= 15 is 0 Å². The molecule has 2 atom stereocenters. The predicted octanol–water partition coefficient (Wildman–Crippen LogP) is 2.42. The van der Waals surface area contributed by atoms with Crippen molar-refractivity contribution in [3.8, 4) is 0 Å². The van der Waals surface area contributed by atoms with Crippen LogP contribution >= 0.6 is 0 Å². The molecule has 1 saturated carbocycles. The van der Waals surface area contributed by atoms with Crippen LogP contribution in [0.5, 0.6) is 0 Å². The third-order valence-electron chi connectivity index (χ3n) is 2.75. The van der Waals surface area contributed by atoms with Gasteiger partial charge in [0.2, 0.25) is 0 Å². The highest BCUT2D eigenvalue weighted by molar-refractivity contribution is 4.84. The van der Waals surface area contributed by atoms with E-state index in [1.54, 1.807) is 0 Å². The highest BCUT2D eigenvalue weighted by atomic mass is 14.9. The Morgan fingerprint density at radius 3 is 2.00 bits per heavy atom. The molecule has 1 rings (SSSR count). The zero-order valence-electron chi connectivity index (χ0n) is 8.22. The van der Waals surface area contributed by atoms with Gasteiger partial charge < -0.3 is 5.32 Å². The smallest absolute Gasteiger partial charge is 0.00693 e. The molecule has 2 unspecified atom stereocenters. The number of hydrogen-bond acceptors (Lipinski definition) is 1. The van der Waals surface area contributed by atoms with Gasteiger partial charge >= 0.3 is 0 Å². The van der Waals surface area contributed by atoms with Gasteiger partial charge in [-0.1, -0.05) is 20.8 Å². The van der Waals surface area contributed by atoms with Gasteiger partial charge in [-0.05, 0) is 31.6 Å². The number of nitrogens with one attached hydrogen (secondary N) is 1. The minimum Gasteiger partial charge on any atom is -0.312 e. The van der Waals surface area contributed by atoms with Crippen molar-refractivity contribution in [2.45, 2.75) is 52.6 Å². The van der Waals surface area contributed by atoms with Gasteiger partial charge in [0, 0.05) is 12.1 Å². The zero-order valence-corrected chi connectivity index (χ0v) is 8.22. The Hall–Kier alpha value is -0.0400. The lowest BCUT2D eigenvalue weighted by Gasteiger charge is -2.23. The van der Waals surface area contributed by atoms with E-state index in [9.17, 15) is 0 Å². The topological polar surface area (TPSA) is 12.0 Å². The fraction of sp³-hybridized carbons (Fsp3) is 1.00. The van der Waals surface area contributed by atoms with E-state index < -0.39 is 0 Å². The molecule has 1 aliphatic carbocycles. The molecule has 1 N–H and O–H groups in total. The molecule has 1 heteroatoms. The Kier molecular flexibility index (Phi) is 2.94. The van der Waals surface area contributed by atoms with Gasteiger partial charge in [-0.3, -0.25) is 0 Å². The van der Waals surface area contributed by atoms with Crippen LogP contribution in [0.3, 0.4) is 0 Å². The Morgan fingerprint density at radius 2 is 1.64 bits per heavy atom. The summed E-state index contributed by atoms with van der Waals surface area (Å²) in [5.41, 5.74) is 0. The first kappa shape index (κ1) is 9.05. The molecule has 0 aliphatic heterocycles. The van der Waals surface area contributed by atoms with Crippen molar-refractivity contribution in [3.63, 3.8) is 0 Å². The van der Waals surface area contributed by atoms with Gasteiger partial charge in [0.25, 0.3) is 0 Å². The Labute approximate surface area is 70.6 Å². The number of hydrogen-bond donors (Lipinski definition) is 1. The standard InChI is InChI=1S/C10H21N/c1-7(2)11-9(4)8(3)10-5-6-10/h7-11H,5-6H2,1-4H3. The average Bonchev–Trinajstić information content (AvgIpc) is 2.65. The fourth-order valence-electron chi connectivity index (χ4n) is 1.71. The molecule has 1 aliphatic rings.